The number of nitrogens with two attached hydrogens (primary N) is 2. The fourth-order valence-electron chi connectivity index (χ4n) is 5.99. The molecule has 0 amide bonds. The summed E-state index contributed by atoms with van der Waals surface area (Å²) >= 11 is 0. The lowest BCUT2D eigenvalue weighted by atomic mass is 9.81. The molecule has 2 aliphatic carbocycles. The number of ether oxygens (including phenoxy) is 3. The van der Waals surface area contributed by atoms with Crippen molar-refractivity contribution in [2.75, 3.05) is 33.8 Å². The van der Waals surface area contributed by atoms with Crippen molar-refractivity contribution in [1.29, 1.82) is 0 Å². The Kier molecular flexibility index (Phi) is 14.7. The third kappa shape index (κ3) is 10.2. The van der Waals surface area contributed by atoms with Crippen LogP contribution in [0.5, 0.6) is 0 Å². The van der Waals surface area contributed by atoms with E-state index in [4.69, 9.17) is 35.9 Å². The van der Waals surface area contributed by atoms with Gasteiger partial charge < -0.3 is 67.2 Å². The Morgan fingerprint density at radius 2 is 1.64 bits per heavy atom. The first-order valence-electron chi connectivity index (χ1n) is 14.5. The van der Waals surface area contributed by atoms with E-state index in [0.29, 0.717) is 31.0 Å². The largest absolute Gasteiger partial charge is 0.478 e. The first-order chi connectivity index (χ1) is 19.7. The number of rotatable bonds is 11. The van der Waals surface area contributed by atoms with Crippen LogP contribution in [0.4, 0.5) is 0 Å². The molecule has 3 aliphatic rings. The summed E-state index contributed by atoms with van der Waals surface area (Å²) in [5.41, 5.74) is 11.6. The van der Waals surface area contributed by atoms with Gasteiger partial charge >= 0.3 is 11.9 Å². The number of aliphatic carboxylic acids is 2. The van der Waals surface area contributed by atoms with Gasteiger partial charge in [0.25, 0.3) is 0 Å². The second kappa shape index (κ2) is 16.9. The standard InChI is InChI=1S/C23H47N5O6.C4H4O4/c1-5-28-15-9-14(25)19(33-16-8-12(10-26-3)6-7-13(16)24)17(29)20(15)34-22-18(30)21(27-4)23(2,31)11-32-22;5-3(6)1-2-4(7)8/h12-22,26-31H,5-11,24-25H2,1-4H3;1-2H,(H,5,6)(H,7,8)/b;2-1+/t12-,13-,14+,15-,16+,17+,18+,19+,20+,21+,22+,23-;/m1./s1. The molecule has 15 heteroatoms. The van der Waals surface area contributed by atoms with Crippen LogP contribution >= 0.6 is 0 Å². The maximum absolute atomic E-state index is 11.4. The molecule has 3 fully saturated rings. The predicted molar refractivity (Wildman–Crippen MR) is 152 cm³/mol. The SMILES string of the molecule is CCN[C@@H]1C[C@H](N)[C@H](O[C@H]2C[C@H](CNC)CC[C@H]2N)[C@H](O)[C@H]1O[C@@H]1OC[C@@](C)(O)[C@@H](NC)[C@@H]1O.O=C(O)/C=C/C(=O)O. The van der Waals surface area contributed by atoms with Crippen molar-refractivity contribution in [1.82, 2.24) is 16.0 Å². The van der Waals surface area contributed by atoms with Crippen LogP contribution in [0.1, 0.15) is 39.5 Å². The van der Waals surface area contributed by atoms with E-state index in [1.807, 2.05) is 14.0 Å². The Labute approximate surface area is 246 Å². The van der Waals surface area contributed by atoms with Crippen molar-refractivity contribution in [2.45, 2.75) is 106 Å². The summed E-state index contributed by atoms with van der Waals surface area (Å²) < 4.78 is 18.3. The minimum Gasteiger partial charge on any atom is -0.478 e. The molecule has 0 bridgehead atoms. The Bertz CT molecular complexity index is 864. The molecule has 1 heterocycles. The minimum atomic E-state index is -1.26. The van der Waals surface area contributed by atoms with Crippen molar-refractivity contribution >= 4 is 11.9 Å². The Balaban J connectivity index is 0.000000675. The maximum Gasteiger partial charge on any atom is 0.328 e. The molecule has 15 nitrogen and oxygen atoms in total. The van der Waals surface area contributed by atoms with Crippen LogP contribution in [0.3, 0.4) is 0 Å². The number of aliphatic hydroxyl groups excluding tert-OH is 2. The molecule has 0 radical (unpaired) electrons. The van der Waals surface area contributed by atoms with E-state index in [1.54, 1.807) is 14.0 Å². The van der Waals surface area contributed by atoms with E-state index >= 15 is 0 Å². The predicted octanol–water partition coefficient (Wildman–Crippen LogP) is -2.69. The second-order valence-corrected chi connectivity index (χ2v) is 11.5. The summed E-state index contributed by atoms with van der Waals surface area (Å²) in [6, 6.07) is -1.42. The summed E-state index contributed by atoms with van der Waals surface area (Å²) in [4.78, 5) is 19.1. The molecule has 3 rings (SSSR count). The molecular formula is C27H51N5O10. The summed E-state index contributed by atoms with van der Waals surface area (Å²) in [5, 5.41) is 57.9. The Morgan fingerprint density at radius 3 is 2.19 bits per heavy atom. The maximum atomic E-state index is 11.4. The van der Waals surface area contributed by atoms with Gasteiger partial charge in [0.15, 0.2) is 6.29 Å². The number of carbonyl (C=O) groups is 2. The third-order valence-electron chi connectivity index (χ3n) is 8.06. The molecule has 1 saturated heterocycles. The number of carboxylic acids is 2. The monoisotopic (exact) mass is 605 g/mol. The minimum absolute atomic E-state index is 0.0157. The first kappa shape index (κ1) is 36.4. The number of hydrogen-bond acceptors (Lipinski definition) is 13. The average molecular weight is 606 g/mol. The topological polar surface area (TPSA) is 251 Å². The highest BCUT2D eigenvalue weighted by atomic mass is 16.7. The number of likely N-dealkylation sites (N-methyl/N-ethyl adjacent to an activating group) is 2. The molecule has 2 saturated carbocycles. The normalized spacial score (nSPS) is 40.7. The van der Waals surface area contributed by atoms with Gasteiger partial charge in [-0.3, -0.25) is 0 Å². The van der Waals surface area contributed by atoms with Crippen LogP contribution in [-0.4, -0.2) is 138 Å². The lowest BCUT2D eigenvalue weighted by molar-refractivity contribution is -0.300. The van der Waals surface area contributed by atoms with Crippen LogP contribution < -0.4 is 27.4 Å². The van der Waals surface area contributed by atoms with Crippen LogP contribution in [0.2, 0.25) is 0 Å². The third-order valence-corrected chi connectivity index (χ3v) is 8.06. The molecule has 244 valence electrons. The quantitative estimate of drug-likeness (QED) is 0.108. The fraction of sp³-hybridized carbons (Fsp3) is 0.852. The highest BCUT2D eigenvalue weighted by Crippen LogP contribution is 2.33. The Hall–Kier alpha value is -1.76. The zero-order valence-electron chi connectivity index (χ0n) is 24.9. The van der Waals surface area contributed by atoms with Crippen LogP contribution in [-0.2, 0) is 23.8 Å². The second-order valence-electron chi connectivity index (χ2n) is 11.5. The van der Waals surface area contributed by atoms with Crippen molar-refractivity contribution in [3.63, 3.8) is 0 Å². The van der Waals surface area contributed by atoms with E-state index in [-0.39, 0.29) is 24.8 Å². The van der Waals surface area contributed by atoms with Gasteiger partial charge in [0.2, 0.25) is 0 Å². The van der Waals surface area contributed by atoms with Gasteiger partial charge in [-0.1, -0.05) is 6.92 Å². The van der Waals surface area contributed by atoms with Crippen molar-refractivity contribution < 1.29 is 49.3 Å². The van der Waals surface area contributed by atoms with Crippen LogP contribution in [0.25, 0.3) is 0 Å². The van der Waals surface area contributed by atoms with Gasteiger partial charge in [0.1, 0.15) is 30.0 Å². The van der Waals surface area contributed by atoms with E-state index < -0.39 is 60.3 Å². The van der Waals surface area contributed by atoms with Crippen molar-refractivity contribution in [2.24, 2.45) is 17.4 Å². The van der Waals surface area contributed by atoms with Gasteiger partial charge in [0.05, 0.1) is 18.8 Å². The first-order valence-corrected chi connectivity index (χ1v) is 14.5. The van der Waals surface area contributed by atoms with E-state index in [9.17, 15) is 24.9 Å². The highest BCUT2D eigenvalue weighted by Gasteiger charge is 2.51. The summed E-state index contributed by atoms with van der Waals surface area (Å²) in [6.45, 7) is 5.12. The number of carboxylic acid groups (broad SMARTS) is 2. The molecule has 12 N–H and O–H groups in total. The van der Waals surface area contributed by atoms with Crippen molar-refractivity contribution in [3.05, 3.63) is 12.2 Å². The molecule has 1 aliphatic heterocycles. The van der Waals surface area contributed by atoms with E-state index in [2.05, 4.69) is 16.0 Å². The molecule has 0 spiro atoms. The zero-order chi connectivity index (χ0) is 31.6. The lowest BCUT2D eigenvalue weighted by Crippen LogP contribution is -2.69. The molecule has 42 heavy (non-hydrogen) atoms. The van der Waals surface area contributed by atoms with Gasteiger partial charge in [-0.05, 0) is 65.7 Å². The van der Waals surface area contributed by atoms with Crippen LogP contribution in [0.15, 0.2) is 12.2 Å². The zero-order valence-corrected chi connectivity index (χ0v) is 24.9. The fourth-order valence-corrected chi connectivity index (χ4v) is 5.99. The summed E-state index contributed by atoms with van der Waals surface area (Å²) in [5.74, 6) is -2.05. The molecule has 12 atom stereocenters. The average Bonchev–Trinajstić information content (AvgIpc) is 2.91. The summed E-state index contributed by atoms with van der Waals surface area (Å²) in [6.07, 6.45) is -0.425. The van der Waals surface area contributed by atoms with E-state index in [0.717, 1.165) is 25.8 Å². The molecule has 0 unspecified atom stereocenters. The molecular weight excluding hydrogens is 554 g/mol. The van der Waals surface area contributed by atoms with Crippen LogP contribution in [0, 0.1) is 5.92 Å². The van der Waals surface area contributed by atoms with E-state index in [1.165, 1.54) is 0 Å². The molecule has 0 aromatic carbocycles. The van der Waals surface area contributed by atoms with Crippen molar-refractivity contribution in [3.8, 4) is 0 Å². The lowest BCUT2D eigenvalue weighted by Gasteiger charge is -2.49. The molecule has 0 aromatic rings. The molecule has 0 aromatic heterocycles. The summed E-state index contributed by atoms with van der Waals surface area (Å²) in [7, 11) is 3.60. The number of hydrogen-bond donors (Lipinski definition) is 10. The van der Waals surface area contributed by atoms with Gasteiger partial charge in [-0.15, -0.1) is 0 Å². The Morgan fingerprint density at radius 1 is 1.00 bits per heavy atom. The number of nitrogens with one attached hydrogen (secondary N) is 3. The van der Waals surface area contributed by atoms with Gasteiger partial charge in [0, 0.05) is 30.3 Å². The highest BCUT2D eigenvalue weighted by molar-refractivity contribution is 5.89. The van der Waals surface area contributed by atoms with Gasteiger partial charge in [-0.25, -0.2) is 9.59 Å². The number of aliphatic hydroxyl groups is 3. The van der Waals surface area contributed by atoms with Gasteiger partial charge in [-0.2, -0.15) is 0 Å². The smallest absolute Gasteiger partial charge is 0.328 e.